The van der Waals surface area contributed by atoms with Gasteiger partial charge in [0.1, 0.15) is 12.2 Å². The fourth-order valence-corrected chi connectivity index (χ4v) is 2.47. The lowest BCUT2D eigenvalue weighted by atomic mass is 10.0. The highest BCUT2D eigenvalue weighted by Crippen LogP contribution is 2.25. The third-order valence-electron chi connectivity index (χ3n) is 3.47. The number of nitrogens with one attached hydrogen (secondary N) is 1. The summed E-state index contributed by atoms with van der Waals surface area (Å²) in [5.41, 5.74) is 1.05. The smallest absolute Gasteiger partial charge is 0.283 e. The first-order valence-electron chi connectivity index (χ1n) is 6.56. The Bertz CT molecular complexity index is 893. The maximum absolute atomic E-state index is 12.8. The minimum atomic E-state index is -4.49. The Morgan fingerprint density at radius 3 is 2.64 bits per heavy atom. The zero-order valence-corrected chi connectivity index (χ0v) is 11.6. The van der Waals surface area contributed by atoms with Gasteiger partial charge < -0.3 is 0 Å². The van der Waals surface area contributed by atoms with E-state index in [1.54, 1.807) is 18.2 Å². The van der Waals surface area contributed by atoms with E-state index in [4.69, 9.17) is 0 Å². The molecular weight excluding hydrogens is 295 g/mol. The lowest BCUT2D eigenvalue weighted by molar-refractivity contribution is -0.140. The van der Waals surface area contributed by atoms with Crippen molar-refractivity contribution in [3.8, 4) is 11.1 Å². The molecule has 0 spiro atoms. The molecule has 1 N–H and O–H groups in total. The SMILES string of the molecule is Cc1ccccc1-c1cc2cn[nH]c2n(CC(F)(F)F)c1=O. The van der Waals surface area contributed by atoms with Gasteiger partial charge in [0.25, 0.3) is 5.56 Å². The zero-order chi connectivity index (χ0) is 15.9. The van der Waals surface area contributed by atoms with Crippen molar-refractivity contribution in [2.24, 2.45) is 0 Å². The summed E-state index contributed by atoms with van der Waals surface area (Å²) in [5.74, 6) is 0. The molecule has 0 fully saturated rings. The molecule has 22 heavy (non-hydrogen) atoms. The van der Waals surface area contributed by atoms with Gasteiger partial charge in [0, 0.05) is 10.9 Å². The minimum Gasteiger partial charge on any atom is -0.283 e. The van der Waals surface area contributed by atoms with E-state index in [1.807, 2.05) is 19.1 Å². The van der Waals surface area contributed by atoms with Crippen molar-refractivity contribution in [2.45, 2.75) is 19.6 Å². The summed E-state index contributed by atoms with van der Waals surface area (Å²) < 4.78 is 39.0. The number of pyridine rings is 1. The van der Waals surface area contributed by atoms with Crippen molar-refractivity contribution in [1.29, 1.82) is 0 Å². The molecule has 0 unspecified atom stereocenters. The molecule has 0 atom stereocenters. The van der Waals surface area contributed by atoms with Crippen molar-refractivity contribution < 1.29 is 13.2 Å². The van der Waals surface area contributed by atoms with Crippen LogP contribution in [0, 0.1) is 6.92 Å². The lowest BCUT2D eigenvalue weighted by Crippen LogP contribution is -2.29. The van der Waals surface area contributed by atoms with Gasteiger partial charge in [-0.15, -0.1) is 0 Å². The van der Waals surface area contributed by atoms with Crippen LogP contribution in [0.2, 0.25) is 0 Å². The Balaban J connectivity index is 2.31. The molecule has 0 aliphatic carbocycles. The molecule has 0 saturated carbocycles. The number of hydrogen-bond acceptors (Lipinski definition) is 2. The molecule has 4 nitrogen and oxygen atoms in total. The van der Waals surface area contributed by atoms with Crippen LogP contribution in [0.4, 0.5) is 13.2 Å². The van der Waals surface area contributed by atoms with Crippen molar-refractivity contribution in [1.82, 2.24) is 14.8 Å². The second-order valence-electron chi connectivity index (χ2n) is 5.05. The van der Waals surface area contributed by atoms with Gasteiger partial charge >= 0.3 is 6.18 Å². The first kappa shape index (κ1) is 14.4. The van der Waals surface area contributed by atoms with Crippen LogP contribution >= 0.6 is 0 Å². The average Bonchev–Trinajstić information content (AvgIpc) is 2.89. The van der Waals surface area contributed by atoms with Crippen LogP contribution in [-0.2, 0) is 6.54 Å². The largest absolute Gasteiger partial charge is 0.406 e. The summed E-state index contributed by atoms with van der Waals surface area (Å²) in [5, 5.41) is 6.66. The molecule has 0 amide bonds. The van der Waals surface area contributed by atoms with E-state index in [1.165, 1.54) is 6.20 Å². The fourth-order valence-electron chi connectivity index (χ4n) is 2.47. The molecule has 0 aliphatic rings. The van der Waals surface area contributed by atoms with Crippen LogP contribution in [-0.4, -0.2) is 20.9 Å². The topological polar surface area (TPSA) is 50.7 Å². The molecule has 1 aromatic carbocycles. The first-order valence-corrected chi connectivity index (χ1v) is 6.56. The predicted octanol–water partition coefficient (Wildman–Crippen LogP) is 3.26. The molecule has 0 saturated heterocycles. The van der Waals surface area contributed by atoms with E-state index in [9.17, 15) is 18.0 Å². The average molecular weight is 307 g/mol. The molecule has 2 aromatic heterocycles. The molecular formula is C15H12F3N3O. The quantitative estimate of drug-likeness (QED) is 0.790. The molecule has 2 heterocycles. The number of hydrogen-bond donors (Lipinski definition) is 1. The molecule has 114 valence electrons. The minimum absolute atomic E-state index is 0.0691. The van der Waals surface area contributed by atoms with Crippen molar-refractivity contribution in [3.63, 3.8) is 0 Å². The summed E-state index contributed by atoms with van der Waals surface area (Å²) >= 11 is 0. The molecule has 7 heteroatoms. The van der Waals surface area contributed by atoms with Gasteiger partial charge in [0.2, 0.25) is 0 Å². The van der Waals surface area contributed by atoms with Crippen LogP contribution in [0.15, 0.2) is 41.3 Å². The number of benzene rings is 1. The van der Waals surface area contributed by atoms with E-state index >= 15 is 0 Å². The number of aromatic nitrogens is 3. The molecule has 0 aliphatic heterocycles. The van der Waals surface area contributed by atoms with Gasteiger partial charge in [-0.1, -0.05) is 24.3 Å². The normalized spacial score (nSPS) is 12.0. The Labute approximate surface area is 123 Å². The summed E-state index contributed by atoms with van der Waals surface area (Å²) in [6, 6.07) is 8.65. The number of fused-ring (bicyclic) bond motifs is 1. The summed E-state index contributed by atoms with van der Waals surface area (Å²) in [6.07, 6.45) is -3.09. The summed E-state index contributed by atoms with van der Waals surface area (Å²) in [6.45, 7) is 0.451. The monoisotopic (exact) mass is 307 g/mol. The van der Waals surface area contributed by atoms with E-state index in [0.29, 0.717) is 15.5 Å². The highest BCUT2D eigenvalue weighted by atomic mass is 19.4. The maximum Gasteiger partial charge on any atom is 0.406 e. The van der Waals surface area contributed by atoms with Crippen LogP contribution in [0.1, 0.15) is 5.56 Å². The molecule has 3 aromatic rings. The fraction of sp³-hybridized carbons (Fsp3) is 0.200. The van der Waals surface area contributed by atoms with E-state index in [2.05, 4.69) is 10.2 Å². The Hall–Kier alpha value is -2.57. The standard InChI is InChI=1S/C15H12F3N3O/c1-9-4-2-3-5-11(9)12-6-10-7-19-20-13(10)21(14(12)22)8-15(16,17)18/h2-7H,8H2,1H3,(H,19,20). The second-order valence-corrected chi connectivity index (χ2v) is 5.05. The van der Waals surface area contributed by atoms with Gasteiger partial charge in [0.15, 0.2) is 0 Å². The number of rotatable bonds is 2. The van der Waals surface area contributed by atoms with E-state index in [-0.39, 0.29) is 11.2 Å². The van der Waals surface area contributed by atoms with E-state index < -0.39 is 18.3 Å². The van der Waals surface area contributed by atoms with Crippen LogP contribution in [0.25, 0.3) is 22.2 Å². The maximum atomic E-state index is 12.8. The van der Waals surface area contributed by atoms with Crippen LogP contribution in [0.5, 0.6) is 0 Å². The van der Waals surface area contributed by atoms with Gasteiger partial charge in [-0.3, -0.25) is 14.5 Å². The lowest BCUT2D eigenvalue weighted by Gasteiger charge is -2.13. The first-order chi connectivity index (χ1) is 10.4. The van der Waals surface area contributed by atoms with Gasteiger partial charge in [-0.2, -0.15) is 18.3 Å². The Kier molecular flexibility index (Phi) is 3.27. The van der Waals surface area contributed by atoms with Crippen LogP contribution < -0.4 is 5.56 Å². The summed E-state index contributed by atoms with van der Waals surface area (Å²) in [4.78, 5) is 12.5. The van der Waals surface area contributed by atoms with E-state index in [0.717, 1.165) is 5.56 Å². The van der Waals surface area contributed by atoms with Gasteiger partial charge in [-0.25, -0.2) is 0 Å². The zero-order valence-electron chi connectivity index (χ0n) is 11.6. The number of nitrogens with zero attached hydrogens (tertiary/aromatic N) is 2. The molecule has 0 radical (unpaired) electrons. The second kappa shape index (κ2) is 5.01. The van der Waals surface area contributed by atoms with Gasteiger partial charge in [0.05, 0.1) is 6.20 Å². The highest BCUT2D eigenvalue weighted by molar-refractivity contribution is 5.81. The number of aryl methyl sites for hydroxylation is 1. The third-order valence-corrected chi connectivity index (χ3v) is 3.47. The van der Waals surface area contributed by atoms with Crippen molar-refractivity contribution in [3.05, 3.63) is 52.4 Å². The number of alkyl halides is 3. The van der Waals surface area contributed by atoms with Gasteiger partial charge in [-0.05, 0) is 24.1 Å². The molecule has 3 rings (SSSR count). The highest BCUT2D eigenvalue weighted by Gasteiger charge is 2.30. The Morgan fingerprint density at radius 1 is 1.23 bits per heavy atom. The van der Waals surface area contributed by atoms with Crippen molar-refractivity contribution in [2.75, 3.05) is 0 Å². The third kappa shape index (κ3) is 2.49. The van der Waals surface area contributed by atoms with Crippen molar-refractivity contribution >= 4 is 11.0 Å². The van der Waals surface area contributed by atoms with Crippen LogP contribution in [0.3, 0.4) is 0 Å². The number of halogens is 3. The number of aromatic amines is 1. The molecule has 0 bridgehead atoms. The Morgan fingerprint density at radius 2 is 1.95 bits per heavy atom. The summed E-state index contributed by atoms with van der Waals surface area (Å²) in [7, 11) is 0. The predicted molar refractivity (Wildman–Crippen MR) is 76.6 cm³/mol. The number of H-pyrrole nitrogens is 1.